The SMILES string of the molecule is COc1cc(C2Oc3cc(C4CC(=C5C=CC=C5)c5ccccc5O4)ccc3OC2CO)ccc1O. The first-order valence-electron chi connectivity index (χ1n) is 11.9. The second-order valence-electron chi connectivity index (χ2n) is 8.97. The Balaban J connectivity index is 1.34. The minimum atomic E-state index is -0.604. The van der Waals surface area contributed by atoms with E-state index < -0.39 is 12.2 Å². The van der Waals surface area contributed by atoms with Gasteiger partial charge in [0.05, 0.1) is 13.7 Å². The van der Waals surface area contributed by atoms with Gasteiger partial charge in [0, 0.05) is 17.5 Å². The van der Waals surface area contributed by atoms with Crippen LogP contribution in [-0.2, 0) is 0 Å². The minimum Gasteiger partial charge on any atom is -0.504 e. The fourth-order valence-electron chi connectivity index (χ4n) is 4.98. The van der Waals surface area contributed by atoms with Gasteiger partial charge in [-0.1, -0.05) is 54.6 Å². The van der Waals surface area contributed by atoms with E-state index in [0.29, 0.717) is 17.2 Å². The summed E-state index contributed by atoms with van der Waals surface area (Å²) in [5, 5.41) is 20.0. The number of hydrogen-bond acceptors (Lipinski definition) is 6. The summed E-state index contributed by atoms with van der Waals surface area (Å²) in [6.45, 7) is -0.227. The standard InChI is InChI=1S/C30H26O6/c1-33-27-15-20(10-12-23(27)32)30-29(17-31)35-25-13-11-19(14-28(25)36-30)26-16-22(18-6-2-3-7-18)21-8-4-5-9-24(21)34-26/h2-15,26,29-32H,16-17H2,1H3. The summed E-state index contributed by atoms with van der Waals surface area (Å²) in [6.07, 6.45) is 7.71. The number of allylic oxidation sites excluding steroid dienone is 5. The molecule has 182 valence electrons. The third kappa shape index (κ3) is 3.89. The van der Waals surface area contributed by atoms with Crippen LogP contribution in [0.1, 0.15) is 35.3 Å². The highest BCUT2D eigenvalue weighted by molar-refractivity contribution is 5.79. The van der Waals surface area contributed by atoms with E-state index in [1.807, 2.05) is 36.4 Å². The second-order valence-corrected chi connectivity index (χ2v) is 8.97. The van der Waals surface area contributed by atoms with Crippen molar-refractivity contribution in [3.05, 3.63) is 107 Å². The molecule has 6 heteroatoms. The number of fused-ring (bicyclic) bond motifs is 2. The minimum absolute atomic E-state index is 0.0350. The van der Waals surface area contributed by atoms with Gasteiger partial charge < -0.3 is 29.2 Å². The molecule has 3 atom stereocenters. The van der Waals surface area contributed by atoms with Gasteiger partial charge >= 0.3 is 0 Å². The summed E-state index contributed by atoms with van der Waals surface area (Å²) in [4.78, 5) is 0. The molecule has 3 unspecified atom stereocenters. The predicted molar refractivity (Wildman–Crippen MR) is 136 cm³/mol. The monoisotopic (exact) mass is 482 g/mol. The van der Waals surface area contributed by atoms with E-state index in [0.717, 1.165) is 28.9 Å². The van der Waals surface area contributed by atoms with Crippen molar-refractivity contribution in [2.45, 2.75) is 24.7 Å². The van der Waals surface area contributed by atoms with E-state index in [1.165, 1.54) is 18.3 Å². The largest absolute Gasteiger partial charge is 0.504 e. The molecule has 6 rings (SSSR count). The van der Waals surface area contributed by atoms with Crippen molar-refractivity contribution in [1.29, 1.82) is 0 Å². The maximum Gasteiger partial charge on any atom is 0.163 e. The summed E-state index contributed by atoms with van der Waals surface area (Å²) in [7, 11) is 1.49. The Labute approximate surface area is 209 Å². The number of rotatable bonds is 4. The van der Waals surface area contributed by atoms with Crippen molar-refractivity contribution in [2.24, 2.45) is 0 Å². The molecular weight excluding hydrogens is 456 g/mol. The van der Waals surface area contributed by atoms with E-state index in [-0.39, 0.29) is 18.5 Å². The highest BCUT2D eigenvalue weighted by atomic mass is 16.6. The molecule has 0 spiro atoms. The van der Waals surface area contributed by atoms with Crippen LogP contribution in [0.5, 0.6) is 28.7 Å². The molecule has 3 aromatic carbocycles. The molecule has 2 aliphatic heterocycles. The summed E-state index contributed by atoms with van der Waals surface area (Å²) in [5.41, 5.74) is 5.26. The summed E-state index contributed by atoms with van der Waals surface area (Å²) in [5.74, 6) is 2.36. The molecule has 2 N–H and O–H groups in total. The van der Waals surface area contributed by atoms with Crippen LogP contribution in [0.25, 0.3) is 5.57 Å². The van der Waals surface area contributed by atoms with Gasteiger partial charge in [-0.2, -0.15) is 0 Å². The highest BCUT2D eigenvalue weighted by Crippen LogP contribution is 2.47. The Bertz CT molecular complexity index is 1390. The molecule has 0 radical (unpaired) electrons. The number of aliphatic hydroxyl groups is 1. The maximum absolute atomic E-state index is 9.99. The van der Waals surface area contributed by atoms with E-state index in [4.69, 9.17) is 18.9 Å². The van der Waals surface area contributed by atoms with Gasteiger partial charge in [-0.25, -0.2) is 0 Å². The molecule has 36 heavy (non-hydrogen) atoms. The number of phenols is 1. The lowest BCUT2D eigenvalue weighted by Crippen LogP contribution is -2.36. The van der Waals surface area contributed by atoms with E-state index in [1.54, 1.807) is 18.2 Å². The lowest BCUT2D eigenvalue weighted by atomic mass is 9.89. The Morgan fingerprint density at radius 1 is 0.861 bits per heavy atom. The average molecular weight is 483 g/mol. The summed E-state index contributed by atoms with van der Waals surface area (Å²) >= 11 is 0. The molecule has 2 heterocycles. The first-order valence-corrected chi connectivity index (χ1v) is 11.9. The van der Waals surface area contributed by atoms with Crippen LogP contribution in [0.3, 0.4) is 0 Å². The third-order valence-electron chi connectivity index (χ3n) is 6.80. The Morgan fingerprint density at radius 2 is 1.67 bits per heavy atom. The second kappa shape index (κ2) is 9.13. The molecule has 0 amide bonds. The average Bonchev–Trinajstić information content (AvgIpc) is 3.46. The van der Waals surface area contributed by atoms with Crippen LogP contribution < -0.4 is 18.9 Å². The van der Waals surface area contributed by atoms with Crippen LogP contribution in [0, 0.1) is 0 Å². The van der Waals surface area contributed by atoms with Crippen LogP contribution in [0.2, 0.25) is 0 Å². The number of methoxy groups -OCH3 is 1. The fraction of sp³-hybridized carbons (Fsp3) is 0.200. The lowest BCUT2D eigenvalue weighted by Gasteiger charge is -2.34. The molecule has 0 saturated carbocycles. The molecule has 3 aliphatic rings. The van der Waals surface area contributed by atoms with Crippen molar-refractivity contribution in [3.8, 4) is 28.7 Å². The summed E-state index contributed by atoms with van der Waals surface area (Å²) < 4.78 is 24.2. The molecule has 6 nitrogen and oxygen atoms in total. The Kier molecular flexibility index (Phi) is 5.66. The van der Waals surface area contributed by atoms with Crippen molar-refractivity contribution in [3.63, 3.8) is 0 Å². The number of benzene rings is 3. The number of ether oxygens (including phenoxy) is 4. The number of aliphatic hydroxyl groups excluding tert-OH is 1. The zero-order valence-electron chi connectivity index (χ0n) is 19.8. The van der Waals surface area contributed by atoms with Gasteiger partial charge in [0.25, 0.3) is 0 Å². The molecule has 0 aromatic heterocycles. The third-order valence-corrected chi connectivity index (χ3v) is 6.80. The molecular formula is C30H26O6. The Morgan fingerprint density at radius 3 is 2.47 bits per heavy atom. The van der Waals surface area contributed by atoms with Gasteiger partial charge in [-0.3, -0.25) is 0 Å². The number of para-hydroxylation sites is 1. The van der Waals surface area contributed by atoms with Crippen LogP contribution in [0.15, 0.2) is 90.5 Å². The van der Waals surface area contributed by atoms with Gasteiger partial charge in [0.2, 0.25) is 0 Å². The van der Waals surface area contributed by atoms with Crippen LogP contribution in [0.4, 0.5) is 0 Å². The van der Waals surface area contributed by atoms with Crippen molar-refractivity contribution < 1.29 is 29.2 Å². The van der Waals surface area contributed by atoms with E-state index in [2.05, 4.69) is 30.4 Å². The van der Waals surface area contributed by atoms with Gasteiger partial charge in [-0.05, 0) is 47.0 Å². The van der Waals surface area contributed by atoms with Gasteiger partial charge in [0.1, 0.15) is 11.9 Å². The first-order chi connectivity index (χ1) is 17.6. The molecule has 3 aromatic rings. The zero-order chi connectivity index (χ0) is 24.6. The van der Waals surface area contributed by atoms with Crippen LogP contribution >= 0.6 is 0 Å². The molecule has 0 fully saturated rings. The lowest BCUT2D eigenvalue weighted by molar-refractivity contribution is -0.0126. The van der Waals surface area contributed by atoms with Gasteiger partial charge in [-0.15, -0.1) is 0 Å². The van der Waals surface area contributed by atoms with E-state index >= 15 is 0 Å². The van der Waals surface area contributed by atoms with Gasteiger partial charge in [0.15, 0.2) is 35.2 Å². The maximum atomic E-state index is 9.99. The quantitative estimate of drug-likeness (QED) is 0.498. The highest BCUT2D eigenvalue weighted by Gasteiger charge is 2.34. The van der Waals surface area contributed by atoms with E-state index in [9.17, 15) is 10.2 Å². The van der Waals surface area contributed by atoms with Crippen molar-refractivity contribution in [2.75, 3.05) is 13.7 Å². The van der Waals surface area contributed by atoms with Crippen LogP contribution in [-0.4, -0.2) is 30.0 Å². The first kappa shape index (κ1) is 22.3. The smallest absolute Gasteiger partial charge is 0.163 e. The zero-order valence-corrected chi connectivity index (χ0v) is 19.8. The molecule has 1 aliphatic carbocycles. The van der Waals surface area contributed by atoms with Crippen molar-refractivity contribution in [1.82, 2.24) is 0 Å². The Hall–Kier alpha value is -4.16. The molecule has 0 saturated heterocycles. The number of phenolic OH excluding ortho intramolecular Hbond substituents is 1. The predicted octanol–water partition coefficient (Wildman–Crippen LogP) is 5.68. The number of hydrogen-bond donors (Lipinski definition) is 2. The topological polar surface area (TPSA) is 77.4 Å². The normalized spacial score (nSPS) is 21.8. The number of aromatic hydroxyl groups is 1. The summed E-state index contributed by atoms with van der Waals surface area (Å²) in [6, 6.07) is 18.9. The molecule has 0 bridgehead atoms. The van der Waals surface area contributed by atoms with Crippen molar-refractivity contribution >= 4 is 5.57 Å². The fourth-order valence-corrected chi connectivity index (χ4v) is 4.98.